The van der Waals surface area contributed by atoms with Gasteiger partial charge in [0.05, 0.1) is 7.11 Å². The third-order valence-electron chi connectivity index (χ3n) is 3.91. The zero-order chi connectivity index (χ0) is 18.4. The molecule has 26 heavy (non-hydrogen) atoms. The second-order valence-electron chi connectivity index (χ2n) is 5.77. The number of rotatable bonds is 6. The fourth-order valence-corrected chi connectivity index (χ4v) is 2.47. The quantitative estimate of drug-likeness (QED) is 0.706. The van der Waals surface area contributed by atoms with Crippen LogP contribution in [0, 0.1) is 0 Å². The van der Waals surface area contributed by atoms with Crippen LogP contribution in [0.3, 0.4) is 0 Å². The number of benzene rings is 2. The lowest BCUT2D eigenvalue weighted by Crippen LogP contribution is -2.14. The Bertz CT molecular complexity index is 849. The van der Waals surface area contributed by atoms with Crippen molar-refractivity contribution >= 4 is 17.3 Å². The van der Waals surface area contributed by atoms with Crippen molar-refractivity contribution in [3.8, 4) is 5.88 Å². The molecule has 6 heteroatoms. The second kappa shape index (κ2) is 8.11. The molecule has 1 atom stereocenters. The SMILES string of the molecule is COc1ccc(C(=O)Nc2ccc(N[C@H](C)c3ccccc3)cc2)nn1. The minimum absolute atomic E-state index is 0.186. The van der Waals surface area contributed by atoms with Gasteiger partial charge in [0.2, 0.25) is 5.88 Å². The summed E-state index contributed by atoms with van der Waals surface area (Å²) in [5, 5.41) is 13.9. The number of aromatic nitrogens is 2. The molecule has 0 aliphatic heterocycles. The van der Waals surface area contributed by atoms with Crippen LogP contribution in [0.15, 0.2) is 66.7 Å². The molecule has 2 N–H and O–H groups in total. The number of ether oxygens (including phenoxy) is 1. The molecule has 3 rings (SSSR count). The molecule has 0 aliphatic carbocycles. The molecule has 0 aliphatic rings. The summed E-state index contributed by atoms with van der Waals surface area (Å²) in [4.78, 5) is 12.2. The molecular formula is C20H20N4O2. The van der Waals surface area contributed by atoms with Gasteiger partial charge in [0.1, 0.15) is 0 Å². The number of amides is 1. The van der Waals surface area contributed by atoms with Crippen LogP contribution < -0.4 is 15.4 Å². The van der Waals surface area contributed by atoms with Crippen LogP contribution in [0.25, 0.3) is 0 Å². The van der Waals surface area contributed by atoms with E-state index in [0.29, 0.717) is 11.6 Å². The van der Waals surface area contributed by atoms with Crippen LogP contribution in [0.5, 0.6) is 5.88 Å². The normalized spacial score (nSPS) is 11.5. The van der Waals surface area contributed by atoms with E-state index in [9.17, 15) is 4.79 Å². The number of hydrogen-bond donors (Lipinski definition) is 2. The van der Waals surface area contributed by atoms with E-state index in [1.165, 1.54) is 12.7 Å². The molecule has 0 unspecified atom stereocenters. The first-order chi connectivity index (χ1) is 12.7. The highest BCUT2D eigenvalue weighted by molar-refractivity contribution is 6.02. The maximum absolute atomic E-state index is 12.2. The number of nitrogens with zero attached hydrogens (tertiary/aromatic N) is 2. The Morgan fingerprint density at radius 3 is 2.23 bits per heavy atom. The summed E-state index contributed by atoms with van der Waals surface area (Å²) in [6.45, 7) is 2.10. The van der Waals surface area contributed by atoms with Crippen LogP contribution in [-0.4, -0.2) is 23.2 Å². The number of carbonyl (C=O) groups is 1. The molecule has 0 spiro atoms. The lowest BCUT2D eigenvalue weighted by molar-refractivity contribution is 0.102. The van der Waals surface area contributed by atoms with E-state index in [-0.39, 0.29) is 17.6 Å². The third-order valence-corrected chi connectivity index (χ3v) is 3.91. The smallest absolute Gasteiger partial charge is 0.276 e. The van der Waals surface area contributed by atoms with E-state index < -0.39 is 0 Å². The van der Waals surface area contributed by atoms with Crippen molar-refractivity contribution in [2.24, 2.45) is 0 Å². The lowest BCUT2D eigenvalue weighted by atomic mass is 10.1. The van der Waals surface area contributed by atoms with Crippen molar-refractivity contribution in [1.29, 1.82) is 0 Å². The molecule has 3 aromatic rings. The molecule has 1 amide bonds. The van der Waals surface area contributed by atoms with Gasteiger partial charge in [0.15, 0.2) is 5.69 Å². The molecule has 1 aromatic heterocycles. The summed E-state index contributed by atoms with van der Waals surface area (Å²) in [5.74, 6) is 0.0445. The van der Waals surface area contributed by atoms with E-state index in [4.69, 9.17) is 4.74 Å². The van der Waals surface area contributed by atoms with Gasteiger partial charge in [-0.05, 0) is 42.8 Å². The summed E-state index contributed by atoms with van der Waals surface area (Å²) in [5.41, 5.74) is 3.10. The first-order valence-corrected chi connectivity index (χ1v) is 8.26. The van der Waals surface area contributed by atoms with Gasteiger partial charge >= 0.3 is 0 Å². The Hall–Kier alpha value is -3.41. The lowest BCUT2D eigenvalue weighted by Gasteiger charge is -2.16. The van der Waals surface area contributed by atoms with Crippen LogP contribution in [0.1, 0.15) is 29.0 Å². The number of methoxy groups -OCH3 is 1. The average Bonchev–Trinajstić information content (AvgIpc) is 2.70. The fourth-order valence-electron chi connectivity index (χ4n) is 2.47. The van der Waals surface area contributed by atoms with E-state index in [2.05, 4.69) is 39.9 Å². The molecule has 132 valence electrons. The summed E-state index contributed by atoms with van der Waals surface area (Å²) < 4.78 is 4.93. The molecule has 1 heterocycles. The Labute approximate surface area is 152 Å². The van der Waals surface area contributed by atoms with Gasteiger partial charge in [-0.2, -0.15) is 0 Å². The Balaban J connectivity index is 1.61. The summed E-state index contributed by atoms with van der Waals surface area (Å²) in [6.07, 6.45) is 0. The highest BCUT2D eigenvalue weighted by Gasteiger charge is 2.09. The maximum atomic E-state index is 12.2. The van der Waals surface area contributed by atoms with Crippen LogP contribution in [0.2, 0.25) is 0 Å². The highest BCUT2D eigenvalue weighted by atomic mass is 16.5. The van der Waals surface area contributed by atoms with Gasteiger partial charge in [-0.25, -0.2) is 0 Å². The average molecular weight is 348 g/mol. The van der Waals surface area contributed by atoms with Crippen molar-refractivity contribution < 1.29 is 9.53 Å². The van der Waals surface area contributed by atoms with E-state index in [1.807, 2.05) is 42.5 Å². The standard InChI is InChI=1S/C20H20N4O2/c1-14(15-6-4-3-5-7-15)21-16-8-10-17(11-9-16)22-20(25)18-12-13-19(26-2)24-23-18/h3-14,21H,1-2H3,(H,22,25)/t14-/m1/s1. The highest BCUT2D eigenvalue weighted by Crippen LogP contribution is 2.21. The molecule has 0 saturated heterocycles. The van der Waals surface area contributed by atoms with Gasteiger partial charge in [0, 0.05) is 23.5 Å². The molecule has 6 nitrogen and oxygen atoms in total. The van der Waals surface area contributed by atoms with E-state index in [1.54, 1.807) is 12.1 Å². The minimum atomic E-state index is -0.321. The molecular weight excluding hydrogens is 328 g/mol. The Morgan fingerprint density at radius 1 is 0.923 bits per heavy atom. The zero-order valence-corrected chi connectivity index (χ0v) is 14.6. The largest absolute Gasteiger partial charge is 0.480 e. The molecule has 0 fully saturated rings. The monoisotopic (exact) mass is 348 g/mol. The topological polar surface area (TPSA) is 76.1 Å². The second-order valence-corrected chi connectivity index (χ2v) is 5.77. The predicted octanol–water partition coefficient (Wildman–Crippen LogP) is 3.91. The first-order valence-electron chi connectivity index (χ1n) is 8.26. The van der Waals surface area contributed by atoms with Crippen molar-refractivity contribution in [3.05, 3.63) is 78.0 Å². The first kappa shape index (κ1) is 17.4. The third kappa shape index (κ3) is 4.36. The molecule has 2 aromatic carbocycles. The molecule has 0 saturated carbocycles. The predicted molar refractivity (Wildman–Crippen MR) is 101 cm³/mol. The van der Waals surface area contributed by atoms with Crippen molar-refractivity contribution in [2.45, 2.75) is 13.0 Å². The number of carbonyl (C=O) groups excluding carboxylic acids is 1. The van der Waals surface area contributed by atoms with E-state index in [0.717, 1.165) is 5.69 Å². The Morgan fingerprint density at radius 2 is 1.62 bits per heavy atom. The summed E-state index contributed by atoms with van der Waals surface area (Å²) >= 11 is 0. The minimum Gasteiger partial charge on any atom is -0.480 e. The van der Waals surface area contributed by atoms with Gasteiger partial charge in [-0.3, -0.25) is 4.79 Å². The number of anilines is 2. The van der Waals surface area contributed by atoms with Crippen molar-refractivity contribution in [1.82, 2.24) is 10.2 Å². The molecule has 0 bridgehead atoms. The number of nitrogens with one attached hydrogen (secondary N) is 2. The van der Waals surface area contributed by atoms with Crippen LogP contribution >= 0.6 is 0 Å². The zero-order valence-electron chi connectivity index (χ0n) is 14.6. The van der Waals surface area contributed by atoms with Crippen LogP contribution in [0.4, 0.5) is 11.4 Å². The van der Waals surface area contributed by atoms with Crippen LogP contribution in [-0.2, 0) is 0 Å². The maximum Gasteiger partial charge on any atom is 0.276 e. The fraction of sp³-hybridized carbons (Fsp3) is 0.150. The van der Waals surface area contributed by atoms with Gasteiger partial charge in [0.25, 0.3) is 5.91 Å². The van der Waals surface area contributed by atoms with Gasteiger partial charge in [-0.1, -0.05) is 30.3 Å². The van der Waals surface area contributed by atoms with Gasteiger partial charge in [-0.15, -0.1) is 10.2 Å². The van der Waals surface area contributed by atoms with Gasteiger partial charge < -0.3 is 15.4 Å². The van der Waals surface area contributed by atoms with E-state index >= 15 is 0 Å². The number of hydrogen-bond acceptors (Lipinski definition) is 5. The van der Waals surface area contributed by atoms with Crippen molar-refractivity contribution in [3.63, 3.8) is 0 Å². The summed E-state index contributed by atoms with van der Waals surface area (Å²) in [6, 6.07) is 21.1. The summed E-state index contributed by atoms with van der Waals surface area (Å²) in [7, 11) is 1.50. The van der Waals surface area contributed by atoms with Crippen molar-refractivity contribution in [2.75, 3.05) is 17.7 Å². The Kier molecular flexibility index (Phi) is 5.43. The molecule has 0 radical (unpaired) electrons.